The summed E-state index contributed by atoms with van der Waals surface area (Å²) in [5.41, 5.74) is 1.39. The normalized spacial score (nSPS) is 16.1. The fourth-order valence-corrected chi connectivity index (χ4v) is 3.77. The fraction of sp³-hybridized carbons (Fsp3) is 0.200. The van der Waals surface area contributed by atoms with E-state index < -0.39 is 6.04 Å². The topological polar surface area (TPSA) is 105 Å². The second-order valence-corrected chi connectivity index (χ2v) is 7.31. The van der Waals surface area contributed by atoms with Crippen LogP contribution in [0.2, 0.25) is 0 Å². The monoisotopic (exact) mass is 409 g/mol. The maximum atomic E-state index is 12.7. The third-order valence-corrected chi connectivity index (χ3v) is 5.14. The minimum Gasteiger partial charge on any atom is -0.492 e. The third kappa shape index (κ3) is 4.35. The van der Waals surface area contributed by atoms with Crippen molar-refractivity contribution in [3.63, 3.8) is 0 Å². The van der Waals surface area contributed by atoms with Crippen molar-refractivity contribution in [1.82, 2.24) is 10.3 Å². The molecule has 2 aromatic carbocycles. The summed E-state index contributed by atoms with van der Waals surface area (Å²) < 4.78 is 6.54. The average molecular weight is 409 g/mol. The smallest absolute Gasteiger partial charge is 0.249 e. The zero-order valence-electron chi connectivity index (χ0n) is 15.6. The quantitative estimate of drug-likeness (QED) is 0.601. The van der Waals surface area contributed by atoms with Crippen LogP contribution in [-0.2, 0) is 9.59 Å². The van der Waals surface area contributed by atoms with Crippen molar-refractivity contribution in [3.8, 4) is 5.75 Å². The van der Waals surface area contributed by atoms with Crippen LogP contribution in [0.25, 0.3) is 10.2 Å². The second-order valence-electron chi connectivity index (χ2n) is 6.28. The van der Waals surface area contributed by atoms with Gasteiger partial charge in [-0.3, -0.25) is 14.9 Å². The van der Waals surface area contributed by atoms with Crippen LogP contribution >= 0.6 is 11.3 Å². The summed E-state index contributed by atoms with van der Waals surface area (Å²) in [7, 11) is 0. The van der Waals surface area contributed by atoms with Gasteiger partial charge in [0.2, 0.25) is 17.8 Å². The predicted octanol–water partition coefficient (Wildman–Crippen LogP) is 2.99. The van der Waals surface area contributed by atoms with Crippen molar-refractivity contribution in [2.24, 2.45) is 4.99 Å². The van der Waals surface area contributed by atoms with Gasteiger partial charge in [-0.1, -0.05) is 35.6 Å². The number of para-hydroxylation sites is 3. The Morgan fingerprint density at radius 3 is 2.86 bits per heavy atom. The number of hydrogen-bond donors (Lipinski definition) is 3. The van der Waals surface area contributed by atoms with E-state index >= 15 is 0 Å². The molecule has 1 aromatic heterocycles. The molecule has 1 atom stereocenters. The number of ether oxygens (including phenoxy) is 1. The number of amides is 2. The number of guanidine groups is 1. The lowest BCUT2D eigenvalue weighted by Crippen LogP contribution is -2.45. The van der Waals surface area contributed by atoms with Crippen LogP contribution < -0.4 is 20.7 Å². The number of rotatable bonds is 5. The Labute approximate surface area is 171 Å². The first-order chi connectivity index (χ1) is 14.1. The van der Waals surface area contributed by atoms with Crippen molar-refractivity contribution in [3.05, 3.63) is 48.5 Å². The number of nitrogens with zero attached hydrogens (tertiary/aromatic N) is 2. The minimum atomic E-state index is -0.852. The van der Waals surface area contributed by atoms with Crippen LogP contribution in [0.4, 0.5) is 10.8 Å². The molecule has 0 aliphatic carbocycles. The second kappa shape index (κ2) is 8.27. The summed E-state index contributed by atoms with van der Waals surface area (Å²) in [6.45, 7) is 2.35. The standard InChI is InChI=1S/C20H19N5O3S/c1-2-28-15-9-5-3-7-12(15)21-18(27)14-11-17(26)24-19(22-14)25-20-23-13-8-4-6-10-16(13)29-20/h3-10,14H,2,11H2,1H3,(H,21,27)(H2,22,23,24,25,26)/t14-/m0/s1. The first kappa shape index (κ1) is 18.9. The van der Waals surface area contributed by atoms with Gasteiger partial charge < -0.3 is 15.4 Å². The number of aromatic nitrogens is 1. The van der Waals surface area contributed by atoms with Crippen LogP contribution in [0.1, 0.15) is 13.3 Å². The van der Waals surface area contributed by atoms with Crippen LogP contribution in [-0.4, -0.2) is 35.4 Å². The number of carbonyl (C=O) groups is 2. The van der Waals surface area contributed by atoms with Crippen LogP contribution in [0.3, 0.4) is 0 Å². The van der Waals surface area contributed by atoms with E-state index in [1.54, 1.807) is 18.2 Å². The van der Waals surface area contributed by atoms with Gasteiger partial charge in [0.25, 0.3) is 0 Å². The van der Waals surface area contributed by atoms with Crippen molar-refractivity contribution in [2.75, 3.05) is 17.2 Å². The van der Waals surface area contributed by atoms with Crippen LogP contribution in [0.5, 0.6) is 5.75 Å². The van der Waals surface area contributed by atoms with Crippen molar-refractivity contribution >= 4 is 50.1 Å². The molecule has 0 saturated carbocycles. The maximum Gasteiger partial charge on any atom is 0.249 e. The summed E-state index contributed by atoms with van der Waals surface area (Å²) >= 11 is 1.44. The Morgan fingerprint density at radius 1 is 1.24 bits per heavy atom. The summed E-state index contributed by atoms with van der Waals surface area (Å²) in [6.07, 6.45) is -0.0341. The van der Waals surface area contributed by atoms with Gasteiger partial charge in [0.1, 0.15) is 11.8 Å². The highest BCUT2D eigenvalue weighted by Gasteiger charge is 2.28. The van der Waals surface area contributed by atoms with E-state index in [1.165, 1.54) is 11.3 Å². The van der Waals surface area contributed by atoms with Gasteiger partial charge in [-0.05, 0) is 31.2 Å². The molecular weight excluding hydrogens is 390 g/mol. The minimum absolute atomic E-state index is 0.0341. The molecule has 0 unspecified atom stereocenters. The number of nitrogens with one attached hydrogen (secondary N) is 3. The summed E-state index contributed by atoms with van der Waals surface area (Å²) in [6, 6.07) is 14.0. The molecule has 2 heterocycles. The van der Waals surface area contributed by atoms with Gasteiger partial charge in [0.05, 0.1) is 28.9 Å². The Balaban J connectivity index is 1.51. The van der Waals surface area contributed by atoms with Gasteiger partial charge in [-0.2, -0.15) is 0 Å². The molecule has 9 heteroatoms. The molecule has 1 aliphatic heterocycles. The Hall–Kier alpha value is -3.46. The Bertz CT molecular complexity index is 1060. The van der Waals surface area contributed by atoms with Crippen LogP contribution in [0.15, 0.2) is 53.5 Å². The lowest BCUT2D eigenvalue weighted by molar-refractivity contribution is -0.124. The highest BCUT2D eigenvalue weighted by atomic mass is 32.1. The van der Waals surface area contributed by atoms with E-state index in [9.17, 15) is 9.59 Å². The largest absolute Gasteiger partial charge is 0.492 e. The van der Waals surface area contributed by atoms with E-state index in [2.05, 4.69) is 25.9 Å². The third-order valence-electron chi connectivity index (χ3n) is 4.19. The summed E-state index contributed by atoms with van der Waals surface area (Å²) in [5, 5.41) is 9.04. The van der Waals surface area contributed by atoms with Gasteiger partial charge in [-0.25, -0.2) is 9.98 Å². The lowest BCUT2D eigenvalue weighted by atomic mass is 10.1. The number of carbonyl (C=O) groups excluding carboxylic acids is 2. The number of anilines is 2. The SMILES string of the molecule is CCOc1ccccc1NC(=O)[C@@H]1CC(=O)NC(Nc2nc3ccccc3s2)=N1. The number of hydrogen-bond acceptors (Lipinski definition) is 7. The first-order valence-electron chi connectivity index (χ1n) is 9.15. The molecule has 0 radical (unpaired) electrons. The van der Waals surface area contributed by atoms with E-state index in [0.29, 0.717) is 23.2 Å². The molecule has 0 spiro atoms. The van der Waals surface area contributed by atoms with Gasteiger partial charge in [-0.15, -0.1) is 0 Å². The maximum absolute atomic E-state index is 12.7. The zero-order valence-corrected chi connectivity index (χ0v) is 16.5. The van der Waals surface area contributed by atoms with Crippen LogP contribution in [0, 0.1) is 0 Å². The molecule has 2 amide bonds. The Kier molecular flexibility index (Phi) is 5.39. The molecule has 148 valence electrons. The molecule has 29 heavy (non-hydrogen) atoms. The molecule has 0 bridgehead atoms. The first-order valence-corrected chi connectivity index (χ1v) is 9.97. The van der Waals surface area contributed by atoms with Gasteiger partial charge in [0, 0.05) is 0 Å². The Morgan fingerprint density at radius 2 is 2.03 bits per heavy atom. The molecule has 1 aliphatic rings. The number of fused-ring (bicyclic) bond motifs is 1. The van der Waals surface area contributed by atoms with E-state index in [4.69, 9.17) is 4.74 Å². The predicted molar refractivity (Wildman–Crippen MR) is 113 cm³/mol. The van der Waals surface area contributed by atoms with Crippen molar-refractivity contribution in [2.45, 2.75) is 19.4 Å². The summed E-state index contributed by atoms with van der Waals surface area (Å²) in [5.74, 6) is 0.108. The number of benzene rings is 2. The molecule has 8 nitrogen and oxygen atoms in total. The van der Waals surface area contributed by atoms with E-state index in [-0.39, 0.29) is 24.2 Å². The van der Waals surface area contributed by atoms with Gasteiger partial charge in [0.15, 0.2) is 5.13 Å². The van der Waals surface area contributed by atoms with Crippen molar-refractivity contribution < 1.29 is 14.3 Å². The van der Waals surface area contributed by atoms with Crippen molar-refractivity contribution in [1.29, 1.82) is 0 Å². The van der Waals surface area contributed by atoms with E-state index in [0.717, 1.165) is 10.2 Å². The highest BCUT2D eigenvalue weighted by Crippen LogP contribution is 2.26. The highest BCUT2D eigenvalue weighted by molar-refractivity contribution is 7.22. The molecule has 4 rings (SSSR count). The number of aliphatic imine (C=N–C) groups is 1. The van der Waals surface area contributed by atoms with E-state index in [1.807, 2.05) is 37.3 Å². The molecule has 3 N–H and O–H groups in total. The zero-order chi connectivity index (χ0) is 20.2. The molecular formula is C20H19N5O3S. The summed E-state index contributed by atoms with van der Waals surface area (Å²) in [4.78, 5) is 33.6. The molecule has 3 aromatic rings. The average Bonchev–Trinajstić information content (AvgIpc) is 3.11. The fourth-order valence-electron chi connectivity index (χ4n) is 2.90. The number of thiazole rings is 1. The molecule has 0 saturated heterocycles. The van der Waals surface area contributed by atoms with Gasteiger partial charge >= 0.3 is 0 Å². The molecule has 0 fully saturated rings. The lowest BCUT2D eigenvalue weighted by Gasteiger charge is -2.21.